The number of carbonyl (C=O) groups is 1. The Balaban J connectivity index is 1.89. The van der Waals surface area contributed by atoms with Gasteiger partial charge in [0.25, 0.3) is 0 Å². The third-order valence-electron chi connectivity index (χ3n) is 3.80. The predicted molar refractivity (Wildman–Crippen MR) is 73.5 cm³/mol. The third kappa shape index (κ3) is 2.26. The lowest BCUT2D eigenvalue weighted by Crippen LogP contribution is -2.56. The van der Waals surface area contributed by atoms with Crippen LogP contribution < -0.4 is 16.1 Å². The first-order chi connectivity index (χ1) is 9.29. The van der Waals surface area contributed by atoms with E-state index in [1.807, 2.05) is 12.3 Å². The molecule has 1 saturated heterocycles. The van der Waals surface area contributed by atoms with Crippen LogP contribution in [-0.4, -0.2) is 30.2 Å². The molecule has 3 N–H and O–H groups in total. The highest BCUT2D eigenvalue weighted by molar-refractivity contribution is 5.80. The summed E-state index contributed by atoms with van der Waals surface area (Å²) >= 11 is 0. The van der Waals surface area contributed by atoms with Crippen molar-refractivity contribution < 1.29 is 4.79 Å². The topological polar surface area (TPSA) is 56.4 Å². The molecule has 0 bridgehead atoms. The number of allylic oxidation sites excluding steroid dienone is 2. The van der Waals surface area contributed by atoms with Crippen LogP contribution in [0, 0.1) is 5.92 Å². The summed E-state index contributed by atoms with van der Waals surface area (Å²) in [5.74, 6) is 0.455. The van der Waals surface area contributed by atoms with Gasteiger partial charge in [-0.1, -0.05) is 13.0 Å². The van der Waals surface area contributed by atoms with E-state index in [0.717, 1.165) is 13.0 Å². The number of amides is 1. The van der Waals surface area contributed by atoms with Gasteiger partial charge in [-0.15, -0.1) is 0 Å². The van der Waals surface area contributed by atoms with E-state index < -0.39 is 0 Å². The second-order valence-electron chi connectivity index (χ2n) is 5.15. The standard InChI is InChI=1S/C14H20N4O/c1-2-5-17-18-9-10-7-13(19)16-8-12(10)11-4-3-6-15-14(11)18/h3-4,6,9,12,14-15,17H,2,5,7-8H2,1H3,(H,16,19). The maximum Gasteiger partial charge on any atom is 0.224 e. The summed E-state index contributed by atoms with van der Waals surface area (Å²) in [5.41, 5.74) is 5.93. The molecule has 1 amide bonds. The summed E-state index contributed by atoms with van der Waals surface area (Å²) in [5, 5.41) is 8.44. The van der Waals surface area contributed by atoms with Gasteiger partial charge in [-0.05, 0) is 29.8 Å². The van der Waals surface area contributed by atoms with Crippen molar-refractivity contribution in [2.75, 3.05) is 13.1 Å². The van der Waals surface area contributed by atoms with Gasteiger partial charge in [0.1, 0.15) is 6.17 Å². The smallest absolute Gasteiger partial charge is 0.224 e. The summed E-state index contributed by atoms with van der Waals surface area (Å²) in [6.45, 7) is 3.78. The zero-order valence-corrected chi connectivity index (χ0v) is 11.1. The lowest BCUT2D eigenvalue weighted by atomic mass is 9.81. The summed E-state index contributed by atoms with van der Waals surface area (Å²) in [6, 6.07) is 0. The van der Waals surface area contributed by atoms with Crippen molar-refractivity contribution in [3.8, 4) is 0 Å². The molecule has 2 unspecified atom stereocenters. The Bertz CT molecular complexity index is 466. The number of fused-ring (bicyclic) bond motifs is 3. The van der Waals surface area contributed by atoms with E-state index in [1.54, 1.807) is 0 Å². The van der Waals surface area contributed by atoms with Crippen molar-refractivity contribution in [3.05, 3.63) is 35.7 Å². The van der Waals surface area contributed by atoms with Crippen LogP contribution in [0.1, 0.15) is 19.8 Å². The molecule has 0 aliphatic carbocycles. The number of hydrogen-bond donors (Lipinski definition) is 3. The van der Waals surface area contributed by atoms with Crippen LogP contribution in [0.5, 0.6) is 0 Å². The van der Waals surface area contributed by atoms with Gasteiger partial charge in [0, 0.05) is 31.6 Å². The van der Waals surface area contributed by atoms with E-state index in [9.17, 15) is 4.79 Å². The SMILES string of the molecule is CCCNN1C=C2CC(=O)NCC2C2=CC=CNC21. The monoisotopic (exact) mass is 260 g/mol. The van der Waals surface area contributed by atoms with E-state index in [2.05, 4.69) is 40.3 Å². The zero-order chi connectivity index (χ0) is 13.2. The van der Waals surface area contributed by atoms with E-state index in [4.69, 9.17) is 0 Å². The number of rotatable bonds is 3. The molecule has 0 aromatic rings. The quantitative estimate of drug-likeness (QED) is 0.696. The Labute approximate surface area is 113 Å². The second-order valence-corrected chi connectivity index (χ2v) is 5.15. The molecule has 5 heteroatoms. The van der Waals surface area contributed by atoms with Crippen molar-refractivity contribution in [3.63, 3.8) is 0 Å². The van der Waals surface area contributed by atoms with Crippen LogP contribution in [0.4, 0.5) is 0 Å². The highest BCUT2D eigenvalue weighted by atomic mass is 16.1. The maximum atomic E-state index is 11.6. The molecule has 0 saturated carbocycles. The van der Waals surface area contributed by atoms with Gasteiger partial charge in [0.2, 0.25) is 5.91 Å². The fraction of sp³-hybridized carbons (Fsp3) is 0.500. The van der Waals surface area contributed by atoms with E-state index in [-0.39, 0.29) is 12.1 Å². The van der Waals surface area contributed by atoms with Crippen LogP contribution in [-0.2, 0) is 4.79 Å². The average molecular weight is 260 g/mol. The van der Waals surface area contributed by atoms with Gasteiger partial charge in [0.15, 0.2) is 0 Å². The van der Waals surface area contributed by atoms with E-state index in [1.165, 1.54) is 11.1 Å². The van der Waals surface area contributed by atoms with Gasteiger partial charge in [-0.2, -0.15) is 0 Å². The molecule has 0 radical (unpaired) electrons. The summed E-state index contributed by atoms with van der Waals surface area (Å²) in [6.07, 6.45) is 10.00. The fourth-order valence-corrected chi connectivity index (χ4v) is 2.86. The molecule has 0 spiro atoms. The minimum absolute atomic E-state index is 0.122. The number of carbonyl (C=O) groups excluding carboxylic acids is 1. The molecule has 1 fully saturated rings. The molecule has 0 aromatic heterocycles. The number of dihydropyridines is 1. The van der Waals surface area contributed by atoms with Crippen molar-refractivity contribution in [1.82, 2.24) is 21.1 Å². The molecule has 3 aliphatic heterocycles. The van der Waals surface area contributed by atoms with Gasteiger partial charge < -0.3 is 10.6 Å². The van der Waals surface area contributed by atoms with Crippen molar-refractivity contribution in [1.29, 1.82) is 0 Å². The number of piperidine rings is 1. The van der Waals surface area contributed by atoms with Gasteiger partial charge in [0.05, 0.1) is 0 Å². The van der Waals surface area contributed by atoms with Gasteiger partial charge in [-0.3, -0.25) is 9.80 Å². The second kappa shape index (κ2) is 5.09. The lowest BCUT2D eigenvalue weighted by molar-refractivity contribution is -0.121. The minimum Gasteiger partial charge on any atom is -0.367 e. The number of nitrogens with zero attached hydrogens (tertiary/aromatic N) is 1. The minimum atomic E-state index is 0.122. The largest absolute Gasteiger partial charge is 0.367 e. The molecule has 19 heavy (non-hydrogen) atoms. The normalized spacial score (nSPS) is 28.7. The Morgan fingerprint density at radius 2 is 2.42 bits per heavy atom. The molecule has 3 heterocycles. The summed E-state index contributed by atoms with van der Waals surface area (Å²) in [7, 11) is 0. The molecule has 0 aromatic carbocycles. The van der Waals surface area contributed by atoms with Crippen LogP contribution in [0.2, 0.25) is 0 Å². The van der Waals surface area contributed by atoms with Gasteiger partial charge in [-0.25, -0.2) is 5.43 Å². The van der Waals surface area contributed by atoms with Crippen LogP contribution in [0.15, 0.2) is 35.7 Å². The molecular weight excluding hydrogens is 240 g/mol. The van der Waals surface area contributed by atoms with E-state index >= 15 is 0 Å². The van der Waals surface area contributed by atoms with Gasteiger partial charge >= 0.3 is 0 Å². The van der Waals surface area contributed by atoms with E-state index in [0.29, 0.717) is 18.9 Å². The Kier molecular flexibility index (Phi) is 3.29. The predicted octanol–water partition coefficient (Wildman–Crippen LogP) is 0.606. The molecule has 2 atom stereocenters. The maximum absolute atomic E-state index is 11.6. The third-order valence-corrected chi connectivity index (χ3v) is 3.80. The zero-order valence-electron chi connectivity index (χ0n) is 11.1. The molecule has 5 nitrogen and oxygen atoms in total. The molecule has 102 valence electrons. The first kappa shape index (κ1) is 12.3. The molecule has 3 rings (SSSR count). The summed E-state index contributed by atoms with van der Waals surface area (Å²) < 4.78 is 0. The van der Waals surface area contributed by atoms with Crippen molar-refractivity contribution in [2.45, 2.75) is 25.9 Å². The first-order valence-corrected chi connectivity index (χ1v) is 6.91. The van der Waals surface area contributed by atoms with Crippen molar-refractivity contribution in [2.24, 2.45) is 5.92 Å². The highest BCUT2D eigenvalue weighted by Crippen LogP contribution is 2.34. The Hall–Kier alpha value is -1.75. The number of nitrogens with one attached hydrogen (secondary N) is 3. The molecular formula is C14H20N4O. The summed E-state index contributed by atoms with van der Waals surface area (Å²) in [4.78, 5) is 11.6. The number of hydrazine groups is 1. The van der Waals surface area contributed by atoms with Crippen LogP contribution in [0.3, 0.4) is 0 Å². The fourth-order valence-electron chi connectivity index (χ4n) is 2.86. The van der Waals surface area contributed by atoms with Crippen LogP contribution >= 0.6 is 0 Å². The molecule has 3 aliphatic rings. The van der Waals surface area contributed by atoms with Crippen LogP contribution in [0.25, 0.3) is 0 Å². The van der Waals surface area contributed by atoms with Crippen molar-refractivity contribution >= 4 is 5.91 Å². The highest BCUT2D eigenvalue weighted by Gasteiger charge is 2.36. The average Bonchev–Trinajstić information content (AvgIpc) is 2.44. The number of hydrogen-bond acceptors (Lipinski definition) is 4. The first-order valence-electron chi connectivity index (χ1n) is 6.91. The lowest BCUT2D eigenvalue weighted by Gasteiger charge is -2.44. The Morgan fingerprint density at radius 3 is 3.26 bits per heavy atom. The Morgan fingerprint density at radius 1 is 1.53 bits per heavy atom.